The van der Waals surface area contributed by atoms with Gasteiger partial charge in [-0.05, 0) is 37.1 Å². The van der Waals surface area contributed by atoms with Gasteiger partial charge in [-0.1, -0.05) is 18.2 Å². The highest BCUT2D eigenvalue weighted by Crippen LogP contribution is 2.42. The summed E-state index contributed by atoms with van der Waals surface area (Å²) in [7, 11) is -1.08. The summed E-state index contributed by atoms with van der Waals surface area (Å²) in [4.78, 5) is 57.0. The number of fused-ring (bicyclic) bond motifs is 4. The number of para-hydroxylation sites is 1. The quantitative estimate of drug-likeness (QED) is 0.180. The highest BCUT2D eigenvalue weighted by atomic mass is 31.2. The number of rotatable bonds is 10. The Kier molecular flexibility index (Phi) is 7.95. The second-order valence-corrected chi connectivity index (χ2v) is 10.9. The van der Waals surface area contributed by atoms with Crippen LogP contribution < -0.4 is 17.0 Å². The number of aldehydes is 1. The van der Waals surface area contributed by atoms with Gasteiger partial charge in [0.05, 0.1) is 42.8 Å². The summed E-state index contributed by atoms with van der Waals surface area (Å²) in [5.74, 6) is 0.121. The van der Waals surface area contributed by atoms with Crippen molar-refractivity contribution in [2.75, 3.05) is 19.5 Å². The molecule has 2 aliphatic rings. The SMILES string of the molecule is COCc1c(C(C=O)OP(O)OCC2CCC(n3ccc(N)nc3=O)O2)cc2n(c1=O)Cc1cc3ccccc3nc1-2. The van der Waals surface area contributed by atoms with Crippen LogP contribution >= 0.6 is 8.60 Å². The fourth-order valence-corrected chi connectivity index (χ4v) is 6.08. The molecule has 0 saturated carbocycles. The number of nitrogens with zero attached hydrogens (tertiary/aromatic N) is 4. The van der Waals surface area contributed by atoms with E-state index in [1.54, 1.807) is 10.6 Å². The lowest BCUT2D eigenvalue weighted by Crippen LogP contribution is -2.28. The van der Waals surface area contributed by atoms with Crippen molar-refractivity contribution < 1.29 is 28.2 Å². The smallest absolute Gasteiger partial charge is 0.351 e. The lowest BCUT2D eigenvalue weighted by atomic mass is 10.0. The molecule has 1 aromatic carbocycles. The predicted octanol–water partition coefficient (Wildman–Crippen LogP) is 2.58. The van der Waals surface area contributed by atoms with Gasteiger partial charge in [-0.25, -0.2) is 9.78 Å². The molecule has 218 valence electrons. The van der Waals surface area contributed by atoms with Crippen LogP contribution in [0.5, 0.6) is 0 Å². The van der Waals surface area contributed by atoms with Crippen LogP contribution in [0.1, 0.15) is 41.9 Å². The van der Waals surface area contributed by atoms with Gasteiger partial charge in [0.15, 0.2) is 6.29 Å². The molecule has 0 bridgehead atoms. The number of methoxy groups -OCH3 is 1. The molecule has 4 atom stereocenters. The van der Waals surface area contributed by atoms with E-state index in [-0.39, 0.29) is 35.7 Å². The second-order valence-electron chi connectivity index (χ2n) is 10.0. The van der Waals surface area contributed by atoms with E-state index in [1.165, 1.54) is 23.9 Å². The zero-order valence-electron chi connectivity index (χ0n) is 22.6. The zero-order chi connectivity index (χ0) is 29.4. The van der Waals surface area contributed by atoms with Crippen LogP contribution in [0.25, 0.3) is 22.3 Å². The molecule has 1 fully saturated rings. The molecule has 0 spiro atoms. The molecular formula is C28H28N5O8P. The lowest BCUT2D eigenvalue weighted by molar-refractivity contribution is -0.114. The van der Waals surface area contributed by atoms with Gasteiger partial charge in [-0.3, -0.25) is 13.9 Å². The summed E-state index contributed by atoms with van der Waals surface area (Å²) in [6, 6.07) is 12.9. The van der Waals surface area contributed by atoms with E-state index in [4.69, 9.17) is 29.2 Å². The fraction of sp³-hybridized carbons (Fsp3) is 0.321. The third kappa shape index (κ3) is 5.38. The average Bonchev–Trinajstić information content (AvgIpc) is 3.60. The summed E-state index contributed by atoms with van der Waals surface area (Å²) in [6.45, 7) is 0.236. The van der Waals surface area contributed by atoms with Crippen molar-refractivity contribution in [2.45, 2.75) is 44.4 Å². The van der Waals surface area contributed by atoms with E-state index in [2.05, 4.69) is 4.98 Å². The van der Waals surface area contributed by atoms with Crippen LogP contribution in [0.4, 0.5) is 5.82 Å². The van der Waals surface area contributed by atoms with Gasteiger partial charge >= 0.3 is 14.3 Å². The van der Waals surface area contributed by atoms with Crippen molar-refractivity contribution in [1.82, 2.24) is 19.1 Å². The molecule has 0 aliphatic carbocycles. The normalized spacial score (nSPS) is 19.0. The molecule has 4 unspecified atom stereocenters. The van der Waals surface area contributed by atoms with Crippen molar-refractivity contribution in [3.63, 3.8) is 0 Å². The van der Waals surface area contributed by atoms with Gasteiger partial charge < -0.3 is 34.0 Å². The van der Waals surface area contributed by atoms with Gasteiger partial charge in [0, 0.05) is 35.4 Å². The van der Waals surface area contributed by atoms with Crippen molar-refractivity contribution in [1.29, 1.82) is 0 Å². The highest BCUT2D eigenvalue weighted by Gasteiger charge is 2.31. The third-order valence-electron chi connectivity index (χ3n) is 7.35. The summed E-state index contributed by atoms with van der Waals surface area (Å²) in [6.07, 6.45) is 0.839. The van der Waals surface area contributed by atoms with E-state index in [0.29, 0.717) is 37.1 Å². The Hall–Kier alpha value is -3.84. The standard InChI is InChI=1S/C28H28N5O8P/c1-38-15-20-19(11-22-26-17(12-33(22)27(20)35)10-16-4-2-3-5-21(16)30-26)23(13-34)41-42(37)39-14-18-6-7-25(40-18)32-9-8-24(29)31-28(32)36/h2-5,8-11,13,18,23,25,37H,6-7,12,14-15H2,1H3,(H2,29,31,36). The first-order valence-corrected chi connectivity index (χ1v) is 14.4. The Morgan fingerprint density at radius 1 is 1.21 bits per heavy atom. The number of pyridine rings is 2. The molecule has 4 aromatic rings. The maximum absolute atomic E-state index is 13.6. The second kappa shape index (κ2) is 11.8. The van der Waals surface area contributed by atoms with E-state index in [1.807, 2.05) is 30.3 Å². The first-order chi connectivity index (χ1) is 20.4. The Balaban J connectivity index is 1.19. The van der Waals surface area contributed by atoms with Crippen LogP contribution in [-0.4, -0.2) is 50.1 Å². The molecule has 0 radical (unpaired) electrons. The van der Waals surface area contributed by atoms with Crippen molar-refractivity contribution in [3.8, 4) is 11.4 Å². The number of ether oxygens (including phenoxy) is 2. The number of nitrogens with two attached hydrogens (primary N) is 1. The lowest BCUT2D eigenvalue weighted by Gasteiger charge is -2.21. The van der Waals surface area contributed by atoms with Gasteiger partial charge in [-0.15, -0.1) is 0 Å². The zero-order valence-corrected chi connectivity index (χ0v) is 23.5. The molecule has 3 N–H and O–H groups in total. The van der Waals surface area contributed by atoms with Crippen molar-refractivity contribution in [2.24, 2.45) is 0 Å². The Bertz CT molecular complexity index is 1780. The average molecular weight is 594 g/mol. The number of carbonyl (C=O) groups excluding carboxylic acids is 1. The largest absolute Gasteiger partial charge is 0.383 e. The Morgan fingerprint density at radius 3 is 2.83 bits per heavy atom. The first-order valence-electron chi connectivity index (χ1n) is 13.2. The molecule has 14 heteroatoms. The first kappa shape index (κ1) is 28.3. The molecule has 42 heavy (non-hydrogen) atoms. The number of anilines is 1. The maximum Gasteiger partial charge on any atom is 0.351 e. The van der Waals surface area contributed by atoms with E-state index in [9.17, 15) is 19.3 Å². The van der Waals surface area contributed by atoms with Gasteiger partial charge in [0.25, 0.3) is 5.56 Å². The molecule has 2 aliphatic heterocycles. The van der Waals surface area contributed by atoms with Crippen molar-refractivity contribution >= 4 is 31.6 Å². The summed E-state index contributed by atoms with van der Waals surface area (Å²) in [5.41, 5.74) is 8.06. The Morgan fingerprint density at radius 2 is 2.05 bits per heavy atom. The molecule has 13 nitrogen and oxygen atoms in total. The van der Waals surface area contributed by atoms with Gasteiger partial charge in [0.1, 0.15) is 18.1 Å². The van der Waals surface area contributed by atoms with Crippen LogP contribution in [0.2, 0.25) is 0 Å². The minimum absolute atomic E-state index is 0.0381. The molecule has 0 amide bonds. The molecule has 1 saturated heterocycles. The molecular weight excluding hydrogens is 565 g/mol. The van der Waals surface area contributed by atoms with Crippen LogP contribution in [0.15, 0.2) is 58.3 Å². The monoisotopic (exact) mass is 593 g/mol. The highest BCUT2D eigenvalue weighted by molar-refractivity contribution is 7.40. The summed E-state index contributed by atoms with van der Waals surface area (Å²) < 4.78 is 25.2. The van der Waals surface area contributed by atoms with E-state index < -0.39 is 32.7 Å². The molecule has 3 aromatic heterocycles. The third-order valence-corrected chi connectivity index (χ3v) is 8.13. The van der Waals surface area contributed by atoms with Crippen LogP contribution in [0.3, 0.4) is 0 Å². The molecule has 6 rings (SSSR count). The number of carbonyl (C=O) groups is 1. The number of aromatic nitrogens is 4. The number of nitrogen functional groups attached to an aromatic ring is 1. The van der Waals surface area contributed by atoms with E-state index >= 15 is 0 Å². The number of hydrogen-bond acceptors (Lipinski definition) is 11. The minimum atomic E-state index is -2.53. The predicted molar refractivity (Wildman–Crippen MR) is 152 cm³/mol. The topological polar surface area (TPSA) is 170 Å². The van der Waals surface area contributed by atoms with Crippen LogP contribution in [0, 0.1) is 0 Å². The fourth-order valence-electron chi connectivity index (χ4n) is 5.37. The Labute approximate surface area is 240 Å². The number of benzene rings is 1. The summed E-state index contributed by atoms with van der Waals surface area (Å²) in [5, 5.41) is 0.960. The van der Waals surface area contributed by atoms with Gasteiger partial charge in [-0.2, -0.15) is 4.98 Å². The van der Waals surface area contributed by atoms with E-state index in [0.717, 1.165) is 16.5 Å². The molecule has 5 heterocycles. The summed E-state index contributed by atoms with van der Waals surface area (Å²) >= 11 is 0. The van der Waals surface area contributed by atoms with Gasteiger partial charge in [0.2, 0.25) is 0 Å². The van der Waals surface area contributed by atoms with Crippen LogP contribution in [-0.2, 0) is 36.5 Å². The van der Waals surface area contributed by atoms with Crippen molar-refractivity contribution in [3.05, 3.63) is 86.2 Å². The minimum Gasteiger partial charge on any atom is -0.383 e. The maximum atomic E-state index is 13.6. The number of hydrogen-bond donors (Lipinski definition) is 2.